The lowest BCUT2D eigenvalue weighted by atomic mass is 9.71. The van der Waals surface area contributed by atoms with E-state index in [4.69, 9.17) is 6.57 Å². The quantitative estimate of drug-likeness (QED) is 0.551. The van der Waals surface area contributed by atoms with Crippen molar-refractivity contribution in [3.63, 3.8) is 0 Å². The molecular weight excluding hydrogens is 240 g/mol. The van der Waals surface area contributed by atoms with Crippen LogP contribution in [0.2, 0.25) is 0 Å². The zero-order valence-electron chi connectivity index (χ0n) is 7.63. The second-order valence-electron chi connectivity index (χ2n) is 3.61. The molecule has 0 spiro atoms. The van der Waals surface area contributed by atoms with Crippen molar-refractivity contribution in [1.82, 2.24) is 4.98 Å². The average molecular weight is 249 g/mol. The second kappa shape index (κ2) is 3.21. The Hall–Kier alpha value is -1.14. The highest BCUT2D eigenvalue weighted by Crippen LogP contribution is 2.47. The summed E-state index contributed by atoms with van der Waals surface area (Å²) in [7, 11) is 0. The van der Waals surface area contributed by atoms with Crippen molar-refractivity contribution in [3.8, 4) is 0 Å². The molecule has 0 saturated heterocycles. The summed E-state index contributed by atoms with van der Waals surface area (Å²) in [6, 6.07) is 3.84. The highest BCUT2D eigenvalue weighted by atomic mass is 79.9. The number of nitrogens with zero attached hydrogens (tertiary/aromatic N) is 2. The molecule has 0 amide bonds. The third kappa shape index (κ3) is 1.36. The van der Waals surface area contributed by atoms with Crippen LogP contribution in [0.25, 0.3) is 4.85 Å². The van der Waals surface area contributed by atoms with Gasteiger partial charge in [0, 0.05) is 10.7 Å². The zero-order chi connectivity index (χ0) is 10.2. The summed E-state index contributed by atoms with van der Waals surface area (Å²) in [6.07, 6.45) is 3.25. The Labute approximate surface area is 91.6 Å². The summed E-state index contributed by atoms with van der Waals surface area (Å²) >= 11 is 3.33. The first-order valence-corrected chi connectivity index (χ1v) is 5.13. The van der Waals surface area contributed by atoms with Crippen molar-refractivity contribution in [1.29, 1.82) is 0 Å². The fourth-order valence-electron chi connectivity index (χ4n) is 1.74. The first kappa shape index (κ1) is 9.42. The molecule has 0 unspecified atom stereocenters. The van der Waals surface area contributed by atoms with Gasteiger partial charge in [0.25, 0.3) is 5.54 Å². The van der Waals surface area contributed by atoms with Gasteiger partial charge in [-0.05, 0) is 28.1 Å². The average Bonchev–Trinajstić information content (AvgIpc) is 2.14. The lowest BCUT2D eigenvalue weighted by Crippen LogP contribution is -2.33. The van der Waals surface area contributed by atoms with E-state index in [-0.39, 0.29) is 0 Å². The van der Waals surface area contributed by atoms with Gasteiger partial charge < -0.3 is 4.85 Å². The Morgan fingerprint density at radius 3 is 2.64 bits per heavy atom. The topological polar surface area (TPSA) is 17.2 Å². The summed E-state index contributed by atoms with van der Waals surface area (Å²) in [5.74, 6) is 0. The van der Waals surface area contributed by atoms with Crippen LogP contribution in [-0.4, -0.2) is 4.98 Å². The van der Waals surface area contributed by atoms with Gasteiger partial charge in [0.05, 0.1) is 12.8 Å². The lowest BCUT2D eigenvalue weighted by Gasteiger charge is -2.31. The highest BCUT2D eigenvalue weighted by molar-refractivity contribution is 9.10. The maximum Gasteiger partial charge on any atom is 0.281 e. The Balaban J connectivity index is 2.35. The molecule has 0 aromatic carbocycles. The molecule has 1 aliphatic carbocycles. The van der Waals surface area contributed by atoms with Crippen LogP contribution >= 0.6 is 15.9 Å². The van der Waals surface area contributed by atoms with Gasteiger partial charge in [-0.3, -0.25) is 4.98 Å². The molecule has 1 saturated carbocycles. The fraction of sp³-hybridized carbons (Fsp3) is 0.273. The van der Waals surface area contributed by atoms with Crippen LogP contribution in [0.3, 0.4) is 0 Å². The fourth-order valence-corrected chi connectivity index (χ4v) is 1.98. The molecule has 70 valence electrons. The van der Waals surface area contributed by atoms with Crippen molar-refractivity contribution in [2.45, 2.75) is 18.4 Å². The third-order valence-electron chi connectivity index (χ3n) is 2.50. The van der Waals surface area contributed by atoms with Crippen LogP contribution in [0.1, 0.15) is 18.5 Å². The van der Waals surface area contributed by atoms with Gasteiger partial charge in [0.15, 0.2) is 0 Å². The van der Waals surface area contributed by atoms with Gasteiger partial charge in [-0.15, -0.1) is 0 Å². The van der Waals surface area contributed by atoms with E-state index in [1.165, 1.54) is 0 Å². The van der Waals surface area contributed by atoms with Gasteiger partial charge in [-0.1, -0.05) is 12.2 Å². The van der Waals surface area contributed by atoms with Crippen molar-refractivity contribution >= 4 is 15.9 Å². The summed E-state index contributed by atoms with van der Waals surface area (Å²) in [5, 5.41) is 0. The molecule has 14 heavy (non-hydrogen) atoms. The molecule has 2 nitrogen and oxygen atoms in total. The maximum absolute atomic E-state index is 7.22. The van der Waals surface area contributed by atoms with E-state index < -0.39 is 5.54 Å². The molecule has 1 fully saturated rings. The molecule has 1 aromatic heterocycles. The SMILES string of the molecule is [C-]#[N+]C1(c2ccc(Br)cn2)CC(=C)C1. The van der Waals surface area contributed by atoms with Gasteiger partial charge >= 0.3 is 0 Å². The molecule has 3 heteroatoms. The Kier molecular flexibility index (Phi) is 2.16. The van der Waals surface area contributed by atoms with Gasteiger partial charge in [-0.25, -0.2) is 6.57 Å². The molecule has 0 bridgehead atoms. The van der Waals surface area contributed by atoms with Crippen molar-refractivity contribution < 1.29 is 0 Å². The van der Waals surface area contributed by atoms with E-state index in [1.807, 2.05) is 12.1 Å². The maximum atomic E-state index is 7.22. The molecule has 0 aliphatic heterocycles. The van der Waals surface area contributed by atoms with Crippen LogP contribution in [-0.2, 0) is 5.54 Å². The number of hydrogen-bond acceptors (Lipinski definition) is 1. The second-order valence-corrected chi connectivity index (χ2v) is 4.52. The minimum absolute atomic E-state index is 0.419. The Morgan fingerprint density at radius 1 is 1.50 bits per heavy atom. The molecule has 0 atom stereocenters. The number of rotatable bonds is 1. The minimum Gasteiger partial charge on any atom is -0.303 e. The predicted octanol–water partition coefficient (Wildman–Crippen LogP) is 3.31. The van der Waals surface area contributed by atoms with Gasteiger partial charge in [-0.2, -0.15) is 0 Å². The molecule has 2 rings (SSSR count). The largest absolute Gasteiger partial charge is 0.303 e. The van der Waals surface area contributed by atoms with E-state index in [0.717, 1.165) is 28.6 Å². The Bertz CT molecular complexity index is 406. The smallest absolute Gasteiger partial charge is 0.281 e. The van der Waals surface area contributed by atoms with Gasteiger partial charge in [0.2, 0.25) is 0 Å². The summed E-state index contributed by atoms with van der Waals surface area (Å²) in [6.45, 7) is 11.1. The minimum atomic E-state index is -0.419. The molecular formula is C11H9BrN2. The van der Waals surface area contributed by atoms with Crippen molar-refractivity contribution in [3.05, 3.63) is 52.1 Å². The summed E-state index contributed by atoms with van der Waals surface area (Å²) < 4.78 is 0.944. The highest BCUT2D eigenvalue weighted by Gasteiger charge is 2.49. The number of aromatic nitrogens is 1. The summed E-state index contributed by atoms with van der Waals surface area (Å²) in [5.41, 5.74) is 1.59. The molecule has 1 heterocycles. The number of pyridine rings is 1. The molecule has 1 aliphatic rings. The first-order valence-electron chi connectivity index (χ1n) is 4.34. The van der Waals surface area contributed by atoms with Crippen molar-refractivity contribution in [2.24, 2.45) is 0 Å². The van der Waals surface area contributed by atoms with E-state index in [0.29, 0.717) is 0 Å². The monoisotopic (exact) mass is 248 g/mol. The standard InChI is InChI=1S/C11H9BrN2/c1-8-5-11(6-8,13-2)10-4-3-9(12)7-14-10/h3-4,7H,1,5-6H2. The van der Waals surface area contributed by atoms with Crippen molar-refractivity contribution in [2.75, 3.05) is 0 Å². The molecule has 0 radical (unpaired) electrons. The van der Waals surface area contributed by atoms with Crippen LogP contribution in [0.5, 0.6) is 0 Å². The summed E-state index contributed by atoms with van der Waals surface area (Å²) in [4.78, 5) is 7.96. The Morgan fingerprint density at radius 2 is 2.21 bits per heavy atom. The molecule has 0 N–H and O–H groups in total. The number of hydrogen-bond donors (Lipinski definition) is 0. The van der Waals surface area contributed by atoms with Gasteiger partial charge in [0.1, 0.15) is 5.69 Å². The van der Waals surface area contributed by atoms with E-state index in [9.17, 15) is 0 Å². The van der Waals surface area contributed by atoms with E-state index in [1.54, 1.807) is 6.20 Å². The predicted molar refractivity (Wildman–Crippen MR) is 58.6 cm³/mol. The third-order valence-corrected chi connectivity index (χ3v) is 2.97. The normalized spacial score (nSPS) is 18.4. The number of halogens is 1. The van der Waals surface area contributed by atoms with E-state index >= 15 is 0 Å². The van der Waals surface area contributed by atoms with Crippen LogP contribution in [0.15, 0.2) is 35.0 Å². The molecule has 1 aromatic rings. The van der Waals surface area contributed by atoms with Crippen LogP contribution < -0.4 is 0 Å². The first-order chi connectivity index (χ1) is 6.66. The van der Waals surface area contributed by atoms with Crippen LogP contribution in [0, 0.1) is 6.57 Å². The van der Waals surface area contributed by atoms with Crippen LogP contribution in [0.4, 0.5) is 0 Å². The van der Waals surface area contributed by atoms with E-state index in [2.05, 4.69) is 32.3 Å². The zero-order valence-corrected chi connectivity index (χ0v) is 9.21. The lowest BCUT2D eigenvalue weighted by molar-refractivity contribution is 0.405.